The molecule has 1 aromatic carbocycles. The Balaban J connectivity index is 2.78. The van der Waals surface area contributed by atoms with Crippen molar-refractivity contribution in [1.29, 1.82) is 0 Å². The molecule has 1 radical (unpaired) electrons. The SMILES string of the molecule is O=[C]/C=C/c1cccc(OCO)c1. The van der Waals surface area contributed by atoms with Crippen LogP contribution >= 0.6 is 0 Å². The summed E-state index contributed by atoms with van der Waals surface area (Å²) >= 11 is 0. The van der Waals surface area contributed by atoms with Crippen molar-refractivity contribution >= 4 is 12.4 Å². The Hall–Kier alpha value is -1.61. The van der Waals surface area contributed by atoms with Crippen molar-refractivity contribution < 1.29 is 14.6 Å². The van der Waals surface area contributed by atoms with Gasteiger partial charge in [-0.25, -0.2) is 0 Å². The Morgan fingerprint density at radius 2 is 2.38 bits per heavy atom. The number of allylic oxidation sites excluding steroid dienone is 1. The van der Waals surface area contributed by atoms with Crippen LogP contribution in [0.5, 0.6) is 5.75 Å². The summed E-state index contributed by atoms with van der Waals surface area (Å²) in [6.07, 6.45) is 4.53. The van der Waals surface area contributed by atoms with E-state index in [9.17, 15) is 4.79 Å². The molecule has 0 aliphatic heterocycles. The Labute approximate surface area is 76.3 Å². The van der Waals surface area contributed by atoms with Gasteiger partial charge in [0.05, 0.1) is 0 Å². The second-order valence-electron chi connectivity index (χ2n) is 2.30. The molecule has 1 rings (SSSR count). The highest BCUT2D eigenvalue weighted by Gasteiger charge is 1.92. The molecule has 0 unspecified atom stereocenters. The van der Waals surface area contributed by atoms with Gasteiger partial charge in [-0.15, -0.1) is 0 Å². The monoisotopic (exact) mass is 177 g/mol. The van der Waals surface area contributed by atoms with Crippen LogP contribution in [-0.4, -0.2) is 18.2 Å². The fraction of sp³-hybridized carbons (Fsp3) is 0.100. The molecule has 0 bridgehead atoms. The molecule has 0 heterocycles. The number of rotatable bonds is 4. The van der Waals surface area contributed by atoms with Gasteiger partial charge in [-0.1, -0.05) is 18.2 Å². The first-order chi connectivity index (χ1) is 6.36. The van der Waals surface area contributed by atoms with Crippen molar-refractivity contribution in [3.8, 4) is 5.75 Å². The van der Waals surface area contributed by atoms with Crippen LogP contribution < -0.4 is 4.74 Å². The fourth-order valence-electron chi connectivity index (χ4n) is 0.913. The lowest BCUT2D eigenvalue weighted by atomic mass is 10.2. The molecule has 0 aliphatic rings. The average molecular weight is 177 g/mol. The third-order valence-electron chi connectivity index (χ3n) is 1.43. The number of hydrogen-bond acceptors (Lipinski definition) is 3. The summed E-state index contributed by atoms with van der Waals surface area (Å²) < 4.78 is 4.85. The molecule has 1 aromatic rings. The maximum atomic E-state index is 9.91. The highest BCUT2D eigenvalue weighted by Crippen LogP contribution is 2.13. The van der Waals surface area contributed by atoms with Crippen molar-refractivity contribution in [3.05, 3.63) is 35.9 Å². The summed E-state index contributed by atoms with van der Waals surface area (Å²) in [6, 6.07) is 7.02. The molecule has 0 aliphatic carbocycles. The van der Waals surface area contributed by atoms with E-state index in [0.29, 0.717) is 5.75 Å². The molecule has 0 atom stereocenters. The second-order valence-corrected chi connectivity index (χ2v) is 2.30. The zero-order valence-electron chi connectivity index (χ0n) is 6.93. The molecule has 0 fully saturated rings. The Morgan fingerprint density at radius 3 is 3.08 bits per heavy atom. The van der Waals surface area contributed by atoms with E-state index in [1.807, 2.05) is 6.07 Å². The normalized spacial score (nSPS) is 10.2. The maximum absolute atomic E-state index is 9.91. The van der Waals surface area contributed by atoms with Crippen LogP contribution in [-0.2, 0) is 4.79 Å². The van der Waals surface area contributed by atoms with Gasteiger partial charge in [0.25, 0.3) is 0 Å². The van der Waals surface area contributed by atoms with Gasteiger partial charge in [0, 0.05) is 0 Å². The number of aliphatic hydroxyl groups excluding tert-OH is 1. The first-order valence-electron chi connectivity index (χ1n) is 3.75. The Bertz CT molecular complexity index is 305. The van der Waals surface area contributed by atoms with E-state index in [2.05, 4.69) is 0 Å². The van der Waals surface area contributed by atoms with E-state index in [1.165, 1.54) is 6.08 Å². The van der Waals surface area contributed by atoms with Crippen LogP contribution in [0.1, 0.15) is 5.56 Å². The fourth-order valence-corrected chi connectivity index (χ4v) is 0.913. The lowest BCUT2D eigenvalue weighted by Crippen LogP contribution is -1.94. The van der Waals surface area contributed by atoms with Gasteiger partial charge in [-0.2, -0.15) is 0 Å². The van der Waals surface area contributed by atoms with E-state index >= 15 is 0 Å². The summed E-state index contributed by atoms with van der Waals surface area (Å²) in [5, 5.41) is 8.48. The zero-order valence-corrected chi connectivity index (χ0v) is 6.93. The first kappa shape index (κ1) is 9.48. The van der Waals surface area contributed by atoms with Gasteiger partial charge in [-0.3, -0.25) is 4.79 Å². The van der Waals surface area contributed by atoms with Crippen molar-refractivity contribution in [2.24, 2.45) is 0 Å². The molecule has 13 heavy (non-hydrogen) atoms. The minimum atomic E-state index is -0.354. The summed E-state index contributed by atoms with van der Waals surface area (Å²) in [5.74, 6) is 0.565. The summed E-state index contributed by atoms with van der Waals surface area (Å²) in [5.41, 5.74) is 0.828. The number of carbonyl (C=O) groups excluding carboxylic acids is 1. The predicted molar refractivity (Wildman–Crippen MR) is 48.9 cm³/mol. The van der Waals surface area contributed by atoms with Crippen molar-refractivity contribution in [2.45, 2.75) is 0 Å². The van der Waals surface area contributed by atoms with Crippen LogP contribution in [0, 0.1) is 0 Å². The third-order valence-corrected chi connectivity index (χ3v) is 1.43. The molecule has 0 spiro atoms. The highest BCUT2D eigenvalue weighted by molar-refractivity contribution is 5.74. The number of benzene rings is 1. The third kappa shape index (κ3) is 3.09. The summed E-state index contributed by atoms with van der Waals surface area (Å²) in [6.45, 7) is -0.354. The molecule has 67 valence electrons. The first-order valence-corrected chi connectivity index (χ1v) is 3.75. The van der Waals surface area contributed by atoms with E-state index in [-0.39, 0.29) is 6.79 Å². The average Bonchev–Trinajstić information content (AvgIpc) is 2.16. The molecular weight excluding hydrogens is 168 g/mol. The quantitative estimate of drug-likeness (QED) is 0.554. The van der Waals surface area contributed by atoms with E-state index < -0.39 is 0 Å². The highest BCUT2D eigenvalue weighted by atomic mass is 16.6. The maximum Gasteiger partial charge on any atom is 0.225 e. The van der Waals surface area contributed by atoms with Gasteiger partial charge in [-0.05, 0) is 23.8 Å². The lowest BCUT2D eigenvalue weighted by molar-refractivity contribution is 0.0985. The topological polar surface area (TPSA) is 46.5 Å². The predicted octanol–water partition coefficient (Wildman–Crippen LogP) is 1.14. The second kappa shape index (κ2) is 5.11. The van der Waals surface area contributed by atoms with Gasteiger partial charge in [0.15, 0.2) is 6.79 Å². The smallest absolute Gasteiger partial charge is 0.225 e. The van der Waals surface area contributed by atoms with Gasteiger partial charge < -0.3 is 9.84 Å². The van der Waals surface area contributed by atoms with E-state index in [1.54, 1.807) is 30.6 Å². The minimum absolute atomic E-state index is 0.354. The number of aliphatic hydroxyl groups is 1. The molecule has 3 heteroatoms. The number of ether oxygens (including phenoxy) is 1. The van der Waals surface area contributed by atoms with Crippen molar-refractivity contribution in [1.82, 2.24) is 0 Å². The largest absolute Gasteiger partial charge is 0.468 e. The molecular formula is C10H9O3. The molecule has 1 N–H and O–H groups in total. The van der Waals surface area contributed by atoms with Gasteiger partial charge >= 0.3 is 0 Å². The lowest BCUT2D eigenvalue weighted by Gasteiger charge is -2.01. The van der Waals surface area contributed by atoms with Crippen molar-refractivity contribution in [3.63, 3.8) is 0 Å². The van der Waals surface area contributed by atoms with Gasteiger partial charge in [0.1, 0.15) is 5.75 Å². The molecule has 0 amide bonds. The van der Waals surface area contributed by atoms with Gasteiger partial charge in [0.2, 0.25) is 6.29 Å². The zero-order chi connectivity index (χ0) is 9.52. The van der Waals surface area contributed by atoms with E-state index in [0.717, 1.165) is 5.56 Å². The Kier molecular flexibility index (Phi) is 3.73. The minimum Gasteiger partial charge on any atom is -0.468 e. The van der Waals surface area contributed by atoms with Crippen LogP contribution in [0.3, 0.4) is 0 Å². The molecule has 3 nitrogen and oxygen atoms in total. The molecule has 0 saturated heterocycles. The number of hydrogen-bond donors (Lipinski definition) is 1. The molecule has 0 saturated carbocycles. The Morgan fingerprint density at radius 1 is 1.54 bits per heavy atom. The summed E-state index contributed by atoms with van der Waals surface area (Å²) in [7, 11) is 0. The standard InChI is InChI=1S/C10H9O3/c11-6-2-4-9-3-1-5-10(7-9)13-8-12/h1-5,7,12H,8H2/b4-2+. The van der Waals surface area contributed by atoms with Crippen LogP contribution in [0.15, 0.2) is 30.3 Å². The molecule has 0 aromatic heterocycles. The van der Waals surface area contributed by atoms with E-state index in [4.69, 9.17) is 9.84 Å². The van der Waals surface area contributed by atoms with Crippen LogP contribution in [0.4, 0.5) is 0 Å². The summed E-state index contributed by atoms with van der Waals surface area (Å²) in [4.78, 5) is 9.91. The van der Waals surface area contributed by atoms with Crippen LogP contribution in [0.25, 0.3) is 6.08 Å². The van der Waals surface area contributed by atoms with Crippen LogP contribution in [0.2, 0.25) is 0 Å². The van der Waals surface area contributed by atoms with Crippen molar-refractivity contribution in [2.75, 3.05) is 6.79 Å².